The van der Waals surface area contributed by atoms with Crippen LogP contribution < -0.4 is 10.6 Å². The van der Waals surface area contributed by atoms with Crippen LogP contribution in [0.4, 0.5) is 11.5 Å². The molecule has 2 aromatic heterocycles. The van der Waals surface area contributed by atoms with Crippen molar-refractivity contribution in [2.75, 3.05) is 16.4 Å². The van der Waals surface area contributed by atoms with Crippen molar-refractivity contribution in [2.24, 2.45) is 7.05 Å². The van der Waals surface area contributed by atoms with E-state index in [1.807, 2.05) is 0 Å². The number of rotatable bonds is 7. The number of hydrogen-bond acceptors (Lipinski definition) is 9. The van der Waals surface area contributed by atoms with Crippen LogP contribution in [0.3, 0.4) is 0 Å². The van der Waals surface area contributed by atoms with E-state index in [4.69, 9.17) is 0 Å². The molecule has 1 aromatic carbocycles. The van der Waals surface area contributed by atoms with Gasteiger partial charge < -0.3 is 15.2 Å². The monoisotopic (exact) mass is 415 g/mol. The van der Waals surface area contributed by atoms with Gasteiger partial charge in [0.05, 0.1) is 5.75 Å². The van der Waals surface area contributed by atoms with E-state index in [0.717, 1.165) is 0 Å². The van der Waals surface area contributed by atoms with E-state index >= 15 is 0 Å². The van der Waals surface area contributed by atoms with Crippen LogP contribution in [-0.2, 0) is 16.6 Å². The van der Waals surface area contributed by atoms with Crippen molar-refractivity contribution in [1.82, 2.24) is 25.1 Å². The number of benzene rings is 1. The van der Waals surface area contributed by atoms with Gasteiger partial charge in [-0.1, -0.05) is 23.9 Å². The molecule has 11 nitrogen and oxygen atoms in total. The highest BCUT2D eigenvalue weighted by molar-refractivity contribution is 7.99. The van der Waals surface area contributed by atoms with Gasteiger partial charge in [-0.05, 0) is 29.4 Å². The van der Waals surface area contributed by atoms with Gasteiger partial charge in [-0.15, -0.1) is 10.2 Å². The SMILES string of the molecule is CC(=O)Nc1nonc1-c1nnc(SCC(=O)Nc2cccc(C(C)=O)c2)n1C. The highest BCUT2D eigenvalue weighted by Gasteiger charge is 2.21. The zero-order chi connectivity index (χ0) is 21.0. The van der Waals surface area contributed by atoms with E-state index < -0.39 is 0 Å². The van der Waals surface area contributed by atoms with Crippen LogP contribution in [0, 0.1) is 0 Å². The van der Waals surface area contributed by atoms with Gasteiger partial charge in [0, 0.05) is 25.2 Å². The molecule has 0 unspecified atom stereocenters. The Morgan fingerprint density at radius 3 is 2.66 bits per heavy atom. The second-order valence-corrected chi connectivity index (χ2v) is 6.92. The van der Waals surface area contributed by atoms with Crippen molar-refractivity contribution in [1.29, 1.82) is 0 Å². The number of carbonyl (C=O) groups excluding carboxylic acids is 3. The van der Waals surface area contributed by atoms with E-state index in [1.54, 1.807) is 35.9 Å². The predicted octanol–water partition coefficient (Wildman–Crippen LogP) is 1.76. The topological polar surface area (TPSA) is 145 Å². The van der Waals surface area contributed by atoms with E-state index in [2.05, 4.69) is 35.8 Å². The summed E-state index contributed by atoms with van der Waals surface area (Å²) >= 11 is 1.17. The number of amides is 2. The van der Waals surface area contributed by atoms with Crippen molar-refractivity contribution in [3.63, 3.8) is 0 Å². The molecule has 3 aromatic rings. The zero-order valence-corrected chi connectivity index (χ0v) is 16.6. The summed E-state index contributed by atoms with van der Waals surface area (Å²) in [6.45, 7) is 2.80. The average Bonchev–Trinajstić information content (AvgIpc) is 3.25. The molecule has 2 amide bonds. The van der Waals surface area contributed by atoms with E-state index in [9.17, 15) is 14.4 Å². The lowest BCUT2D eigenvalue weighted by Gasteiger charge is -2.06. The molecule has 0 radical (unpaired) electrons. The molecule has 3 rings (SSSR count). The first-order valence-corrected chi connectivity index (χ1v) is 9.37. The second kappa shape index (κ2) is 8.65. The summed E-state index contributed by atoms with van der Waals surface area (Å²) < 4.78 is 6.28. The van der Waals surface area contributed by atoms with Crippen molar-refractivity contribution in [3.05, 3.63) is 29.8 Å². The minimum Gasteiger partial charge on any atom is -0.325 e. The average molecular weight is 415 g/mol. The van der Waals surface area contributed by atoms with E-state index in [-0.39, 0.29) is 34.9 Å². The Bertz CT molecular complexity index is 1080. The summed E-state index contributed by atoms with van der Waals surface area (Å²) in [6, 6.07) is 6.71. The van der Waals surface area contributed by atoms with Gasteiger partial charge >= 0.3 is 0 Å². The van der Waals surface area contributed by atoms with E-state index in [0.29, 0.717) is 22.2 Å². The Kier molecular flexibility index (Phi) is 6.02. The zero-order valence-electron chi connectivity index (χ0n) is 15.8. The fourth-order valence-electron chi connectivity index (χ4n) is 2.37. The molecule has 0 saturated heterocycles. The molecule has 0 fully saturated rings. The fourth-order valence-corrected chi connectivity index (χ4v) is 3.08. The Labute approximate surface area is 169 Å². The Morgan fingerprint density at radius 1 is 1.14 bits per heavy atom. The van der Waals surface area contributed by atoms with Crippen molar-refractivity contribution in [2.45, 2.75) is 19.0 Å². The minimum atomic E-state index is -0.329. The predicted molar refractivity (Wildman–Crippen MR) is 104 cm³/mol. The molecule has 0 aliphatic heterocycles. The number of nitrogens with zero attached hydrogens (tertiary/aromatic N) is 5. The van der Waals surface area contributed by atoms with Gasteiger partial charge in [-0.2, -0.15) is 0 Å². The van der Waals surface area contributed by atoms with Crippen LogP contribution in [0.25, 0.3) is 11.5 Å². The number of thioether (sulfide) groups is 1. The lowest BCUT2D eigenvalue weighted by atomic mass is 10.1. The van der Waals surface area contributed by atoms with Gasteiger partial charge in [-0.3, -0.25) is 14.4 Å². The number of Topliss-reactive ketones (excluding diaryl/α,β-unsaturated/α-hetero) is 1. The highest BCUT2D eigenvalue weighted by atomic mass is 32.2. The summed E-state index contributed by atoms with van der Waals surface area (Å²) in [6.07, 6.45) is 0. The van der Waals surface area contributed by atoms with E-state index in [1.165, 1.54) is 25.6 Å². The number of nitrogens with one attached hydrogen (secondary N) is 2. The summed E-state index contributed by atoms with van der Waals surface area (Å²) in [5, 5.41) is 21.1. The Hall–Kier alpha value is -3.54. The number of hydrogen-bond donors (Lipinski definition) is 2. The summed E-state index contributed by atoms with van der Waals surface area (Å²) in [5.74, 6) is -0.138. The number of aromatic nitrogens is 5. The largest absolute Gasteiger partial charge is 0.325 e. The molecule has 2 heterocycles. The normalized spacial score (nSPS) is 10.6. The van der Waals surface area contributed by atoms with Crippen LogP contribution in [0.2, 0.25) is 0 Å². The van der Waals surface area contributed by atoms with Crippen LogP contribution in [-0.4, -0.2) is 48.4 Å². The molecule has 0 spiro atoms. The molecule has 0 atom stereocenters. The van der Waals surface area contributed by atoms with Crippen molar-refractivity contribution in [3.8, 4) is 11.5 Å². The first-order chi connectivity index (χ1) is 13.8. The van der Waals surface area contributed by atoms with Crippen LogP contribution in [0.1, 0.15) is 24.2 Å². The Morgan fingerprint density at radius 2 is 1.93 bits per heavy atom. The molecule has 0 bridgehead atoms. The van der Waals surface area contributed by atoms with Crippen LogP contribution in [0.5, 0.6) is 0 Å². The van der Waals surface area contributed by atoms with Crippen LogP contribution >= 0.6 is 11.8 Å². The maximum absolute atomic E-state index is 12.2. The quantitative estimate of drug-likeness (QED) is 0.435. The number of ketones is 1. The lowest BCUT2D eigenvalue weighted by Crippen LogP contribution is -2.14. The summed E-state index contributed by atoms with van der Waals surface area (Å²) in [7, 11) is 1.69. The molecule has 12 heteroatoms. The molecule has 2 N–H and O–H groups in total. The number of carbonyl (C=O) groups is 3. The third-order valence-corrected chi connectivity index (χ3v) is 4.74. The first kappa shape index (κ1) is 20.2. The summed E-state index contributed by atoms with van der Waals surface area (Å²) in [5.41, 5.74) is 1.28. The first-order valence-electron chi connectivity index (χ1n) is 8.38. The molecule has 0 aliphatic rings. The maximum atomic E-state index is 12.2. The second-order valence-electron chi connectivity index (χ2n) is 5.98. The fraction of sp³-hybridized carbons (Fsp3) is 0.235. The van der Waals surface area contributed by atoms with Gasteiger partial charge in [0.15, 0.2) is 22.5 Å². The minimum absolute atomic E-state index is 0.0753. The van der Waals surface area contributed by atoms with Crippen LogP contribution in [0.15, 0.2) is 34.1 Å². The molecular weight excluding hydrogens is 398 g/mol. The molecule has 29 heavy (non-hydrogen) atoms. The molecular formula is C17H17N7O4S. The van der Waals surface area contributed by atoms with Gasteiger partial charge in [0.1, 0.15) is 0 Å². The third kappa shape index (κ3) is 4.85. The van der Waals surface area contributed by atoms with Crippen molar-refractivity contribution >= 4 is 40.9 Å². The Balaban J connectivity index is 1.66. The maximum Gasteiger partial charge on any atom is 0.234 e. The highest BCUT2D eigenvalue weighted by Crippen LogP contribution is 2.26. The van der Waals surface area contributed by atoms with Crippen molar-refractivity contribution < 1.29 is 19.0 Å². The number of anilines is 2. The third-order valence-electron chi connectivity index (χ3n) is 3.71. The lowest BCUT2D eigenvalue weighted by molar-refractivity contribution is -0.114. The molecule has 150 valence electrons. The standard InChI is InChI=1S/C17H17N7O4S/c1-9(25)11-5-4-6-12(7-11)19-13(27)8-29-17-21-20-16(24(17)3)14-15(18-10(2)26)23-28-22-14/h4-7H,8H2,1-3H3,(H,19,27)(H,18,23,26). The molecule has 0 aliphatic carbocycles. The summed E-state index contributed by atoms with van der Waals surface area (Å²) in [4.78, 5) is 34.9. The smallest absolute Gasteiger partial charge is 0.234 e. The van der Waals surface area contributed by atoms with Gasteiger partial charge in [-0.25, -0.2) is 4.63 Å². The molecule has 0 saturated carbocycles. The van der Waals surface area contributed by atoms with Gasteiger partial charge in [0.25, 0.3) is 0 Å². The van der Waals surface area contributed by atoms with Gasteiger partial charge in [0.2, 0.25) is 17.6 Å².